The van der Waals surface area contributed by atoms with E-state index in [1.165, 1.54) is 0 Å². The van der Waals surface area contributed by atoms with Crippen molar-refractivity contribution in [3.8, 4) is 5.75 Å². The van der Waals surface area contributed by atoms with Crippen molar-refractivity contribution < 1.29 is 28.8 Å². The molecule has 36 heavy (non-hydrogen) atoms. The van der Waals surface area contributed by atoms with Crippen molar-refractivity contribution in [2.75, 3.05) is 26.3 Å². The van der Waals surface area contributed by atoms with Crippen LogP contribution in [-0.2, 0) is 32.0 Å². The Morgan fingerprint density at radius 2 is 2.14 bits per heavy atom. The number of rotatable bonds is 13. The molecule has 196 valence electrons. The van der Waals surface area contributed by atoms with Crippen LogP contribution in [0.15, 0.2) is 41.8 Å². The quantitative estimate of drug-likeness (QED) is 0.309. The zero-order chi connectivity index (χ0) is 25.5. The van der Waals surface area contributed by atoms with Gasteiger partial charge < -0.3 is 29.4 Å². The normalized spacial score (nSPS) is 22.7. The van der Waals surface area contributed by atoms with Gasteiger partial charge in [0.2, 0.25) is 0 Å². The van der Waals surface area contributed by atoms with Crippen LogP contribution in [0.5, 0.6) is 5.75 Å². The monoisotopic (exact) mass is 516 g/mol. The summed E-state index contributed by atoms with van der Waals surface area (Å²) in [4.78, 5) is 17.3. The van der Waals surface area contributed by atoms with Crippen LogP contribution in [0.2, 0.25) is 0 Å². The Kier molecular flexibility index (Phi) is 9.50. The predicted octanol–water partition coefficient (Wildman–Crippen LogP) is 3.41. The summed E-state index contributed by atoms with van der Waals surface area (Å²) in [6.07, 6.45) is 0.204. The van der Waals surface area contributed by atoms with Crippen LogP contribution in [-0.4, -0.2) is 60.9 Å². The number of carbonyl (C=O) groups is 1. The van der Waals surface area contributed by atoms with Gasteiger partial charge in [-0.3, -0.25) is 4.79 Å². The summed E-state index contributed by atoms with van der Waals surface area (Å²) in [6, 6.07) is 7.76. The highest BCUT2D eigenvalue weighted by Gasteiger charge is 2.44. The summed E-state index contributed by atoms with van der Waals surface area (Å²) < 4.78 is 22.7. The summed E-state index contributed by atoms with van der Waals surface area (Å²) in [5.74, 6) is 0.213. The number of carbonyl (C=O) groups excluding carboxylic acids is 1. The van der Waals surface area contributed by atoms with E-state index >= 15 is 0 Å². The Morgan fingerprint density at radius 1 is 1.33 bits per heavy atom. The molecule has 3 heterocycles. The largest absolute Gasteiger partial charge is 0.487 e. The maximum Gasteiger partial charge on any atom is 0.306 e. The Morgan fingerprint density at radius 3 is 2.86 bits per heavy atom. The number of thiazole rings is 1. The number of aromatic nitrogens is 1. The fourth-order valence-electron chi connectivity index (χ4n) is 4.58. The number of fused-ring (bicyclic) bond motifs is 1. The number of hydrogen-bond donors (Lipinski definition) is 2. The van der Waals surface area contributed by atoms with E-state index < -0.39 is 6.10 Å². The van der Waals surface area contributed by atoms with Gasteiger partial charge in [-0.1, -0.05) is 24.3 Å². The van der Waals surface area contributed by atoms with Gasteiger partial charge in [-0.05, 0) is 44.4 Å². The minimum atomic E-state index is -0.719. The molecule has 1 aromatic heterocycles. The number of esters is 1. The molecule has 8 nitrogen and oxygen atoms in total. The molecule has 9 heteroatoms. The fourth-order valence-corrected chi connectivity index (χ4v) is 5.18. The minimum absolute atomic E-state index is 0.0929. The summed E-state index contributed by atoms with van der Waals surface area (Å²) in [7, 11) is 0. The van der Waals surface area contributed by atoms with Crippen LogP contribution in [0.25, 0.3) is 0 Å². The number of benzene rings is 1. The molecule has 2 aliphatic heterocycles. The molecule has 0 radical (unpaired) electrons. The van der Waals surface area contributed by atoms with Gasteiger partial charge in [0.25, 0.3) is 0 Å². The van der Waals surface area contributed by atoms with Crippen molar-refractivity contribution in [1.82, 2.24) is 10.3 Å². The van der Waals surface area contributed by atoms with Gasteiger partial charge in [0.05, 0.1) is 42.4 Å². The van der Waals surface area contributed by atoms with E-state index in [0.29, 0.717) is 39.3 Å². The van der Waals surface area contributed by atoms with Crippen molar-refractivity contribution in [2.24, 2.45) is 11.8 Å². The molecule has 0 aliphatic carbocycles. The van der Waals surface area contributed by atoms with Crippen LogP contribution < -0.4 is 10.1 Å². The molecule has 0 amide bonds. The lowest BCUT2D eigenvalue weighted by Crippen LogP contribution is -2.37. The molecule has 0 bridgehead atoms. The molecule has 2 saturated heterocycles. The van der Waals surface area contributed by atoms with Gasteiger partial charge in [-0.25, -0.2) is 4.98 Å². The molecule has 2 aromatic rings. The molecule has 4 unspecified atom stereocenters. The van der Waals surface area contributed by atoms with Gasteiger partial charge in [-0.2, -0.15) is 0 Å². The molecular weight excluding hydrogens is 480 g/mol. The standard InChI is InChI=1S/C27H36N2O6S/c1-17(2)12-28-13-24(30)20(11-26(31)35-25-15-34-27-23(25)8-9-32-27)10-19-4-6-22(7-5-19)33-14-21-16-36-18(3)29-21/h4-7,16,20,23-25,27-28,30H,1,8-15H2,2-3H3/t20?,23?,24?,25-,27?/m0/s1. The summed E-state index contributed by atoms with van der Waals surface area (Å²) >= 11 is 1.60. The molecule has 2 aliphatic rings. The second kappa shape index (κ2) is 12.8. The molecule has 0 saturated carbocycles. The number of aliphatic hydroxyl groups is 1. The van der Waals surface area contributed by atoms with E-state index in [9.17, 15) is 9.90 Å². The molecule has 0 spiro atoms. The van der Waals surface area contributed by atoms with E-state index in [-0.39, 0.29) is 36.6 Å². The van der Waals surface area contributed by atoms with E-state index in [2.05, 4.69) is 16.9 Å². The third kappa shape index (κ3) is 7.60. The van der Waals surface area contributed by atoms with Gasteiger partial charge in [0, 0.05) is 24.4 Å². The van der Waals surface area contributed by atoms with Crippen molar-refractivity contribution in [2.45, 2.75) is 58.2 Å². The highest BCUT2D eigenvalue weighted by molar-refractivity contribution is 7.09. The van der Waals surface area contributed by atoms with Gasteiger partial charge >= 0.3 is 5.97 Å². The first-order valence-electron chi connectivity index (χ1n) is 12.5. The third-order valence-electron chi connectivity index (χ3n) is 6.50. The van der Waals surface area contributed by atoms with E-state index in [0.717, 1.165) is 34.0 Å². The SMILES string of the molecule is C=C(C)CNCC(O)C(CC(=O)O[C@H]1COC2OCCC21)Cc1ccc(OCc2csc(C)n2)cc1. The Labute approximate surface area is 216 Å². The average molecular weight is 517 g/mol. The maximum absolute atomic E-state index is 12.9. The average Bonchev–Trinajstić information content (AvgIpc) is 3.57. The van der Waals surface area contributed by atoms with Gasteiger partial charge in [0.15, 0.2) is 6.29 Å². The van der Waals surface area contributed by atoms with Crippen LogP contribution in [0.4, 0.5) is 0 Å². The molecule has 2 N–H and O–H groups in total. The van der Waals surface area contributed by atoms with Crippen LogP contribution in [0.3, 0.4) is 0 Å². The van der Waals surface area contributed by atoms with Crippen molar-refractivity contribution >= 4 is 17.3 Å². The van der Waals surface area contributed by atoms with E-state index in [1.807, 2.05) is 43.5 Å². The number of aryl methyl sites for hydroxylation is 1. The lowest BCUT2D eigenvalue weighted by Gasteiger charge is -2.24. The van der Waals surface area contributed by atoms with Crippen LogP contribution >= 0.6 is 11.3 Å². The van der Waals surface area contributed by atoms with E-state index in [4.69, 9.17) is 18.9 Å². The summed E-state index contributed by atoms with van der Waals surface area (Å²) in [5.41, 5.74) is 2.90. The zero-order valence-corrected chi connectivity index (χ0v) is 21.8. The molecule has 1 aromatic carbocycles. The molecule has 2 fully saturated rings. The topological polar surface area (TPSA) is 99.1 Å². The minimum Gasteiger partial charge on any atom is -0.487 e. The number of ether oxygens (including phenoxy) is 4. The van der Waals surface area contributed by atoms with E-state index in [1.54, 1.807) is 11.3 Å². The van der Waals surface area contributed by atoms with Crippen LogP contribution in [0.1, 0.15) is 36.0 Å². The van der Waals surface area contributed by atoms with Gasteiger partial charge in [0.1, 0.15) is 18.5 Å². The van der Waals surface area contributed by atoms with Crippen molar-refractivity contribution in [3.63, 3.8) is 0 Å². The molecule has 4 rings (SSSR count). The summed E-state index contributed by atoms with van der Waals surface area (Å²) in [5, 5.41) is 17.2. The highest BCUT2D eigenvalue weighted by atomic mass is 32.1. The van der Waals surface area contributed by atoms with Crippen LogP contribution in [0, 0.1) is 18.8 Å². The number of nitrogens with one attached hydrogen (secondary N) is 1. The first-order chi connectivity index (χ1) is 17.4. The lowest BCUT2D eigenvalue weighted by atomic mass is 9.90. The van der Waals surface area contributed by atoms with Gasteiger partial charge in [-0.15, -0.1) is 11.3 Å². The molecular formula is C27H36N2O6S. The first kappa shape index (κ1) is 26.8. The molecule has 5 atom stereocenters. The maximum atomic E-state index is 12.9. The second-order valence-electron chi connectivity index (χ2n) is 9.67. The number of hydrogen-bond acceptors (Lipinski definition) is 9. The van der Waals surface area contributed by atoms with Crippen molar-refractivity contribution in [3.05, 3.63) is 58.1 Å². The Bertz CT molecular complexity index is 1010. The fraction of sp³-hybridized carbons (Fsp3) is 0.556. The zero-order valence-electron chi connectivity index (χ0n) is 21.0. The first-order valence-corrected chi connectivity index (χ1v) is 13.3. The summed E-state index contributed by atoms with van der Waals surface area (Å²) in [6.45, 7) is 10.2. The smallest absolute Gasteiger partial charge is 0.306 e. The Balaban J connectivity index is 1.34. The second-order valence-corrected chi connectivity index (χ2v) is 10.7. The lowest BCUT2D eigenvalue weighted by molar-refractivity contribution is -0.152. The number of aliphatic hydroxyl groups excluding tert-OH is 1. The third-order valence-corrected chi connectivity index (χ3v) is 7.32. The highest BCUT2D eigenvalue weighted by Crippen LogP contribution is 2.33. The number of nitrogens with zero attached hydrogens (tertiary/aromatic N) is 1. The van der Waals surface area contributed by atoms with Crippen molar-refractivity contribution in [1.29, 1.82) is 0 Å². The Hall–Kier alpha value is -2.30. The predicted molar refractivity (Wildman–Crippen MR) is 137 cm³/mol.